The second-order valence-electron chi connectivity index (χ2n) is 6.29. The van der Waals surface area contributed by atoms with Crippen molar-refractivity contribution in [1.29, 1.82) is 0 Å². The van der Waals surface area contributed by atoms with Crippen molar-refractivity contribution in [1.82, 2.24) is 4.90 Å². The number of ether oxygens (including phenoxy) is 1. The second-order valence-corrected chi connectivity index (χ2v) is 6.29. The SMILES string of the molecule is CC(CN(C)C(=O)Nc1ccc(OC(C)(C)C)cc1)C(=O)O. The fourth-order valence-corrected chi connectivity index (χ4v) is 1.75. The Bertz CT molecular complexity index is 520. The number of carboxylic acids is 1. The summed E-state index contributed by atoms with van der Waals surface area (Å²) >= 11 is 0. The number of anilines is 1. The molecule has 0 saturated carbocycles. The molecule has 0 saturated heterocycles. The molecule has 0 aromatic heterocycles. The third-order valence-electron chi connectivity index (χ3n) is 2.85. The number of carbonyl (C=O) groups excluding carboxylic acids is 1. The average molecular weight is 308 g/mol. The van der Waals surface area contributed by atoms with E-state index in [1.807, 2.05) is 20.8 Å². The molecule has 0 aliphatic rings. The van der Waals surface area contributed by atoms with Gasteiger partial charge in [-0.1, -0.05) is 6.92 Å². The summed E-state index contributed by atoms with van der Waals surface area (Å²) in [5.74, 6) is -0.819. The highest BCUT2D eigenvalue weighted by Gasteiger charge is 2.17. The normalized spacial score (nSPS) is 12.4. The smallest absolute Gasteiger partial charge is 0.321 e. The van der Waals surface area contributed by atoms with Gasteiger partial charge in [0.05, 0.1) is 5.92 Å². The number of aliphatic carboxylic acids is 1. The van der Waals surface area contributed by atoms with Crippen LogP contribution in [0.3, 0.4) is 0 Å². The zero-order valence-corrected chi connectivity index (χ0v) is 13.7. The highest BCUT2D eigenvalue weighted by molar-refractivity contribution is 5.89. The molecule has 6 heteroatoms. The van der Waals surface area contributed by atoms with Crippen molar-refractivity contribution in [2.45, 2.75) is 33.3 Å². The van der Waals surface area contributed by atoms with Crippen LogP contribution in [0.5, 0.6) is 5.75 Å². The van der Waals surface area contributed by atoms with Crippen molar-refractivity contribution in [3.63, 3.8) is 0 Å². The van der Waals surface area contributed by atoms with Gasteiger partial charge in [0, 0.05) is 19.3 Å². The number of hydrogen-bond acceptors (Lipinski definition) is 3. The maximum absolute atomic E-state index is 12.0. The predicted molar refractivity (Wildman–Crippen MR) is 85.3 cm³/mol. The molecular formula is C16H24N2O4. The highest BCUT2D eigenvalue weighted by Crippen LogP contribution is 2.20. The monoisotopic (exact) mass is 308 g/mol. The lowest BCUT2D eigenvalue weighted by molar-refractivity contribution is -0.141. The predicted octanol–water partition coefficient (Wildman–Crippen LogP) is 3.05. The van der Waals surface area contributed by atoms with E-state index >= 15 is 0 Å². The molecular weight excluding hydrogens is 284 g/mol. The third-order valence-corrected chi connectivity index (χ3v) is 2.85. The topological polar surface area (TPSA) is 78.9 Å². The molecule has 0 aliphatic carbocycles. The van der Waals surface area contributed by atoms with Crippen LogP contribution < -0.4 is 10.1 Å². The largest absolute Gasteiger partial charge is 0.488 e. The van der Waals surface area contributed by atoms with Gasteiger partial charge in [0.15, 0.2) is 0 Å². The van der Waals surface area contributed by atoms with E-state index in [2.05, 4.69) is 5.32 Å². The van der Waals surface area contributed by atoms with E-state index in [-0.39, 0.29) is 18.2 Å². The molecule has 0 bridgehead atoms. The first kappa shape index (κ1) is 17.8. The summed E-state index contributed by atoms with van der Waals surface area (Å²) in [6.07, 6.45) is 0. The average Bonchev–Trinajstić information content (AvgIpc) is 2.39. The Morgan fingerprint density at radius 3 is 2.27 bits per heavy atom. The first-order chi connectivity index (χ1) is 10.1. The van der Waals surface area contributed by atoms with E-state index in [1.165, 1.54) is 4.90 Å². The Kier molecular flexibility index (Phi) is 5.79. The van der Waals surface area contributed by atoms with Gasteiger partial charge in [-0.05, 0) is 45.0 Å². The Hall–Kier alpha value is -2.24. The zero-order valence-electron chi connectivity index (χ0n) is 13.7. The third kappa shape index (κ3) is 6.03. The van der Waals surface area contributed by atoms with Crippen molar-refractivity contribution >= 4 is 17.7 Å². The lowest BCUT2D eigenvalue weighted by Gasteiger charge is -2.22. The standard InChI is InChI=1S/C16H24N2O4/c1-11(14(19)20)10-18(5)15(21)17-12-6-8-13(9-7-12)22-16(2,3)4/h6-9,11H,10H2,1-5H3,(H,17,21)(H,19,20). The molecule has 1 aromatic carbocycles. The summed E-state index contributed by atoms with van der Waals surface area (Å²) in [5.41, 5.74) is 0.346. The molecule has 0 spiro atoms. The number of carbonyl (C=O) groups is 2. The zero-order chi connectivity index (χ0) is 16.9. The van der Waals surface area contributed by atoms with E-state index in [1.54, 1.807) is 38.2 Å². The maximum Gasteiger partial charge on any atom is 0.321 e. The molecule has 0 heterocycles. The molecule has 1 atom stereocenters. The maximum atomic E-state index is 12.0. The highest BCUT2D eigenvalue weighted by atomic mass is 16.5. The number of hydrogen-bond donors (Lipinski definition) is 2. The lowest BCUT2D eigenvalue weighted by atomic mass is 10.2. The van der Waals surface area contributed by atoms with Crippen LogP contribution >= 0.6 is 0 Å². The van der Waals surface area contributed by atoms with Crippen LogP contribution in [0.1, 0.15) is 27.7 Å². The van der Waals surface area contributed by atoms with Crippen molar-refractivity contribution in [2.75, 3.05) is 18.9 Å². The fourth-order valence-electron chi connectivity index (χ4n) is 1.75. The Morgan fingerprint density at radius 1 is 1.27 bits per heavy atom. The molecule has 1 unspecified atom stereocenters. The number of carboxylic acid groups (broad SMARTS) is 1. The van der Waals surface area contributed by atoms with Crippen molar-refractivity contribution in [3.05, 3.63) is 24.3 Å². The van der Waals surface area contributed by atoms with Crippen LogP contribution in [0.2, 0.25) is 0 Å². The van der Waals surface area contributed by atoms with Crippen LogP contribution in [-0.4, -0.2) is 41.2 Å². The van der Waals surface area contributed by atoms with Crippen molar-refractivity contribution in [3.8, 4) is 5.75 Å². The van der Waals surface area contributed by atoms with Gasteiger partial charge in [0.1, 0.15) is 11.4 Å². The number of benzene rings is 1. The van der Waals surface area contributed by atoms with Gasteiger partial charge in [-0.15, -0.1) is 0 Å². The van der Waals surface area contributed by atoms with Gasteiger partial charge in [-0.3, -0.25) is 4.79 Å². The van der Waals surface area contributed by atoms with Gasteiger partial charge in [-0.25, -0.2) is 4.79 Å². The van der Waals surface area contributed by atoms with E-state index in [0.717, 1.165) is 5.75 Å². The molecule has 0 fully saturated rings. The molecule has 22 heavy (non-hydrogen) atoms. The molecule has 6 nitrogen and oxygen atoms in total. The van der Waals surface area contributed by atoms with E-state index in [4.69, 9.17) is 9.84 Å². The summed E-state index contributed by atoms with van der Waals surface area (Å²) in [6.45, 7) is 7.58. The Balaban J connectivity index is 2.59. The number of nitrogens with zero attached hydrogens (tertiary/aromatic N) is 1. The Labute approximate surface area is 131 Å². The summed E-state index contributed by atoms with van der Waals surface area (Å²) in [4.78, 5) is 24.1. The minimum Gasteiger partial charge on any atom is -0.488 e. The summed E-state index contributed by atoms with van der Waals surface area (Å²) in [6, 6.07) is 6.69. The first-order valence-electron chi connectivity index (χ1n) is 7.12. The van der Waals surface area contributed by atoms with Crippen LogP contribution in [0, 0.1) is 5.92 Å². The van der Waals surface area contributed by atoms with Gasteiger partial charge >= 0.3 is 12.0 Å². The molecule has 2 N–H and O–H groups in total. The number of rotatable bonds is 5. The van der Waals surface area contributed by atoms with Crippen molar-refractivity contribution < 1.29 is 19.4 Å². The number of amides is 2. The van der Waals surface area contributed by atoms with Crippen molar-refractivity contribution in [2.24, 2.45) is 5.92 Å². The number of nitrogens with one attached hydrogen (secondary N) is 1. The minimum absolute atomic E-state index is 0.145. The van der Waals surface area contributed by atoms with E-state index < -0.39 is 11.9 Å². The van der Waals surface area contributed by atoms with Gasteiger partial charge in [0.25, 0.3) is 0 Å². The summed E-state index contributed by atoms with van der Waals surface area (Å²) in [5, 5.41) is 11.6. The van der Waals surface area contributed by atoms with E-state index in [0.29, 0.717) is 5.69 Å². The molecule has 0 aliphatic heterocycles. The molecule has 122 valence electrons. The number of urea groups is 1. The minimum atomic E-state index is -0.927. The molecule has 1 rings (SSSR count). The van der Waals surface area contributed by atoms with Gasteiger partial charge < -0.3 is 20.1 Å². The molecule has 2 amide bonds. The molecule has 0 radical (unpaired) electrons. The Morgan fingerprint density at radius 2 is 1.82 bits per heavy atom. The molecule has 1 aromatic rings. The van der Waals surface area contributed by atoms with Gasteiger partial charge in [0.2, 0.25) is 0 Å². The summed E-state index contributed by atoms with van der Waals surface area (Å²) < 4.78 is 5.70. The lowest BCUT2D eigenvalue weighted by Crippen LogP contribution is -2.36. The van der Waals surface area contributed by atoms with Crippen LogP contribution in [0.25, 0.3) is 0 Å². The fraction of sp³-hybridized carbons (Fsp3) is 0.500. The van der Waals surface area contributed by atoms with E-state index in [9.17, 15) is 9.59 Å². The quantitative estimate of drug-likeness (QED) is 0.876. The first-order valence-corrected chi connectivity index (χ1v) is 7.12. The van der Waals surface area contributed by atoms with Gasteiger partial charge in [-0.2, -0.15) is 0 Å². The van der Waals surface area contributed by atoms with Crippen LogP contribution in [0.4, 0.5) is 10.5 Å². The van der Waals surface area contributed by atoms with Crippen LogP contribution in [-0.2, 0) is 4.79 Å². The summed E-state index contributed by atoms with van der Waals surface area (Å²) in [7, 11) is 1.56. The van der Waals surface area contributed by atoms with Crippen LogP contribution in [0.15, 0.2) is 24.3 Å². The second kappa shape index (κ2) is 7.15.